The third kappa shape index (κ3) is 4.36. The fraction of sp³-hybridized carbons (Fsp3) is 0.471. The number of carbonyl (C=O) groups excluding carboxylic acids is 1. The number of carbonyl (C=O) groups is 1. The van der Waals surface area contributed by atoms with E-state index in [2.05, 4.69) is 15.0 Å². The van der Waals surface area contributed by atoms with Crippen LogP contribution in [0.1, 0.15) is 25.8 Å². The number of nitrogens with zero attached hydrogens (tertiary/aromatic N) is 4. The molecule has 0 aliphatic carbocycles. The number of nitrogens with two attached hydrogens (primary N) is 1. The maximum atomic E-state index is 11.9. The molecule has 1 aliphatic rings. The zero-order valence-corrected chi connectivity index (χ0v) is 15.3. The van der Waals surface area contributed by atoms with Crippen LogP contribution in [0.4, 0.5) is 0 Å². The molecule has 2 heterocycles. The molecule has 7 nitrogen and oxygen atoms in total. The van der Waals surface area contributed by atoms with Gasteiger partial charge in [-0.15, -0.1) is 12.4 Å². The number of benzene rings is 1. The van der Waals surface area contributed by atoms with Gasteiger partial charge in [0, 0.05) is 31.7 Å². The van der Waals surface area contributed by atoms with Crippen LogP contribution in [0.3, 0.4) is 0 Å². The van der Waals surface area contributed by atoms with Gasteiger partial charge in [0.25, 0.3) is 0 Å². The first-order valence-corrected chi connectivity index (χ1v) is 8.23. The third-order valence-corrected chi connectivity index (χ3v) is 4.39. The molecule has 3 rings (SSSR count). The number of hydrogen-bond donors (Lipinski definition) is 1. The lowest BCUT2D eigenvalue weighted by molar-refractivity contribution is -0.134. The van der Waals surface area contributed by atoms with Crippen LogP contribution in [0.15, 0.2) is 34.9 Å². The summed E-state index contributed by atoms with van der Waals surface area (Å²) >= 11 is 0. The molecule has 1 aromatic carbocycles. The number of aromatic nitrogens is 2. The van der Waals surface area contributed by atoms with Gasteiger partial charge < -0.3 is 15.2 Å². The van der Waals surface area contributed by atoms with E-state index in [1.54, 1.807) is 6.92 Å². The molecule has 25 heavy (non-hydrogen) atoms. The molecule has 0 bridgehead atoms. The van der Waals surface area contributed by atoms with E-state index in [1.165, 1.54) is 0 Å². The number of hydrogen-bond acceptors (Lipinski definition) is 6. The molecule has 136 valence electrons. The highest BCUT2D eigenvalue weighted by Gasteiger charge is 2.28. The zero-order valence-electron chi connectivity index (χ0n) is 14.5. The summed E-state index contributed by atoms with van der Waals surface area (Å²) < 4.78 is 5.44. The van der Waals surface area contributed by atoms with Crippen molar-refractivity contribution in [1.82, 2.24) is 19.9 Å². The van der Waals surface area contributed by atoms with Gasteiger partial charge >= 0.3 is 0 Å². The number of halogens is 1. The Kier molecular flexibility index (Phi) is 6.52. The SMILES string of the molecule is CC(N)C(=O)N1CCN(C(C)c2nc(-c3ccccc3)no2)CC1.Cl. The normalized spacial score (nSPS) is 17.6. The Bertz CT molecular complexity index is 683. The van der Waals surface area contributed by atoms with E-state index < -0.39 is 6.04 Å². The molecule has 1 amide bonds. The molecule has 1 saturated heterocycles. The van der Waals surface area contributed by atoms with Gasteiger partial charge in [0.2, 0.25) is 17.6 Å². The minimum absolute atomic E-state index is 0. The van der Waals surface area contributed by atoms with Crippen molar-refractivity contribution in [3.63, 3.8) is 0 Å². The molecular weight excluding hydrogens is 342 g/mol. The highest BCUT2D eigenvalue weighted by molar-refractivity contribution is 5.85. The molecule has 2 atom stereocenters. The Balaban J connectivity index is 0.00000225. The van der Waals surface area contributed by atoms with Gasteiger partial charge in [-0.2, -0.15) is 4.98 Å². The number of rotatable bonds is 4. The smallest absolute Gasteiger partial charge is 0.244 e. The van der Waals surface area contributed by atoms with Crippen molar-refractivity contribution >= 4 is 18.3 Å². The third-order valence-electron chi connectivity index (χ3n) is 4.39. The second kappa shape index (κ2) is 8.42. The molecule has 0 spiro atoms. The second-order valence-electron chi connectivity index (χ2n) is 6.15. The van der Waals surface area contributed by atoms with Gasteiger partial charge in [-0.25, -0.2) is 0 Å². The first-order chi connectivity index (χ1) is 11.6. The molecule has 8 heteroatoms. The number of amides is 1. The van der Waals surface area contributed by atoms with Crippen LogP contribution < -0.4 is 5.73 Å². The summed E-state index contributed by atoms with van der Waals surface area (Å²) in [7, 11) is 0. The molecular formula is C17H24ClN5O2. The Labute approximate surface area is 153 Å². The van der Waals surface area contributed by atoms with Gasteiger partial charge in [0.15, 0.2) is 0 Å². The van der Waals surface area contributed by atoms with E-state index >= 15 is 0 Å². The Morgan fingerprint density at radius 3 is 2.40 bits per heavy atom. The van der Waals surface area contributed by atoms with E-state index in [0.29, 0.717) is 24.8 Å². The van der Waals surface area contributed by atoms with Gasteiger partial charge in [0.05, 0.1) is 12.1 Å². The van der Waals surface area contributed by atoms with E-state index in [-0.39, 0.29) is 24.4 Å². The molecule has 2 aromatic rings. The van der Waals surface area contributed by atoms with Crippen molar-refractivity contribution in [2.75, 3.05) is 26.2 Å². The van der Waals surface area contributed by atoms with Crippen LogP contribution >= 0.6 is 12.4 Å². The molecule has 0 saturated carbocycles. The van der Waals surface area contributed by atoms with Crippen LogP contribution in [0, 0.1) is 0 Å². The van der Waals surface area contributed by atoms with Crippen LogP contribution in [0.2, 0.25) is 0 Å². The maximum absolute atomic E-state index is 11.9. The van der Waals surface area contributed by atoms with Gasteiger partial charge in [-0.1, -0.05) is 35.5 Å². The summed E-state index contributed by atoms with van der Waals surface area (Å²) in [5.74, 6) is 1.20. The first kappa shape index (κ1) is 19.4. The minimum Gasteiger partial charge on any atom is -0.339 e. The highest BCUT2D eigenvalue weighted by Crippen LogP contribution is 2.23. The fourth-order valence-electron chi connectivity index (χ4n) is 2.88. The predicted octanol–water partition coefficient (Wildman–Crippen LogP) is 1.71. The lowest BCUT2D eigenvalue weighted by Crippen LogP contribution is -2.52. The summed E-state index contributed by atoms with van der Waals surface area (Å²) in [6.45, 7) is 6.65. The van der Waals surface area contributed by atoms with Gasteiger partial charge in [-0.3, -0.25) is 9.69 Å². The van der Waals surface area contributed by atoms with Crippen LogP contribution in [0.5, 0.6) is 0 Å². The van der Waals surface area contributed by atoms with Crippen molar-refractivity contribution in [2.45, 2.75) is 25.9 Å². The molecule has 2 N–H and O–H groups in total. The average Bonchev–Trinajstić information content (AvgIpc) is 3.11. The van der Waals surface area contributed by atoms with E-state index in [9.17, 15) is 4.79 Å². The second-order valence-corrected chi connectivity index (χ2v) is 6.15. The molecule has 0 radical (unpaired) electrons. The monoisotopic (exact) mass is 365 g/mol. The predicted molar refractivity (Wildman–Crippen MR) is 97.2 cm³/mol. The minimum atomic E-state index is -0.446. The van der Waals surface area contributed by atoms with Crippen molar-refractivity contribution in [2.24, 2.45) is 5.73 Å². The first-order valence-electron chi connectivity index (χ1n) is 8.23. The summed E-state index contributed by atoms with van der Waals surface area (Å²) in [6, 6.07) is 9.33. The maximum Gasteiger partial charge on any atom is 0.244 e. The largest absolute Gasteiger partial charge is 0.339 e. The lowest BCUT2D eigenvalue weighted by atomic mass is 10.2. The molecule has 2 unspecified atom stereocenters. The quantitative estimate of drug-likeness (QED) is 0.887. The highest BCUT2D eigenvalue weighted by atomic mass is 35.5. The summed E-state index contributed by atoms with van der Waals surface area (Å²) in [5, 5.41) is 4.07. The topological polar surface area (TPSA) is 88.5 Å². The van der Waals surface area contributed by atoms with E-state index in [4.69, 9.17) is 10.3 Å². The summed E-state index contributed by atoms with van der Waals surface area (Å²) in [4.78, 5) is 20.5. The van der Waals surface area contributed by atoms with Crippen LogP contribution in [-0.4, -0.2) is 58.1 Å². The van der Waals surface area contributed by atoms with Gasteiger partial charge in [0.1, 0.15) is 0 Å². The Hall–Kier alpha value is -1.96. The van der Waals surface area contributed by atoms with Crippen molar-refractivity contribution in [1.29, 1.82) is 0 Å². The summed E-state index contributed by atoms with van der Waals surface area (Å²) in [6.07, 6.45) is 0. The van der Waals surface area contributed by atoms with E-state index in [0.717, 1.165) is 18.7 Å². The van der Waals surface area contributed by atoms with Crippen molar-refractivity contribution in [3.05, 3.63) is 36.2 Å². The molecule has 1 fully saturated rings. The van der Waals surface area contributed by atoms with E-state index in [1.807, 2.05) is 42.2 Å². The molecule has 1 aliphatic heterocycles. The molecule has 1 aromatic heterocycles. The lowest BCUT2D eigenvalue weighted by Gasteiger charge is -2.37. The zero-order chi connectivity index (χ0) is 17.1. The summed E-state index contributed by atoms with van der Waals surface area (Å²) in [5.41, 5.74) is 6.61. The van der Waals surface area contributed by atoms with Crippen LogP contribution in [0.25, 0.3) is 11.4 Å². The Morgan fingerprint density at radius 2 is 1.80 bits per heavy atom. The Morgan fingerprint density at radius 1 is 1.16 bits per heavy atom. The van der Waals surface area contributed by atoms with Crippen LogP contribution in [-0.2, 0) is 4.79 Å². The average molecular weight is 366 g/mol. The number of piperazine rings is 1. The fourth-order valence-corrected chi connectivity index (χ4v) is 2.88. The standard InChI is InChI=1S/C17H23N5O2.ClH/c1-12(18)17(23)22-10-8-21(9-11-22)13(2)16-19-15(20-24-16)14-6-4-3-5-7-14;/h3-7,12-13H,8-11,18H2,1-2H3;1H. The van der Waals surface area contributed by atoms with Crippen molar-refractivity contribution < 1.29 is 9.32 Å². The van der Waals surface area contributed by atoms with Gasteiger partial charge in [-0.05, 0) is 13.8 Å². The van der Waals surface area contributed by atoms with Crippen molar-refractivity contribution in [3.8, 4) is 11.4 Å².